The zero-order valence-corrected chi connectivity index (χ0v) is 15.9. The molecule has 25 heavy (non-hydrogen) atoms. The summed E-state index contributed by atoms with van der Waals surface area (Å²) in [6.45, 7) is 3.02. The van der Waals surface area contributed by atoms with E-state index < -0.39 is 0 Å². The Morgan fingerprint density at radius 1 is 1.04 bits per heavy atom. The molecule has 6 heteroatoms. The highest BCUT2D eigenvalue weighted by molar-refractivity contribution is 6.35. The Morgan fingerprint density at radius 2 is 1.80 bits per heavy atom. The van der Waals surface area contributed by atoms with Crippen molar-refractivity contribution in [1.82, 2.24) is 4.90 Å². The minimum absolute atomic E-state index is 0.176. The molecule has 0 radical (unpaired) electrons. The van der Waals surface area contributed by atoms with Crippen LogP contribution in [-0.4, -0.2) is 30.9 Å². The lowest BCUT2D eigenvalue weighted by molar-refractivity contribution is 0.0259. The maximum absolute atomic E-state index is 6.41. The summed E-state index contributed by atoms with van der Waals surface area (Å²) in [5, 5.41) is 1.94. The van der Waals surface area contributed by atoms with Gasteiger partial charge in [-0.05, 0) is 36.2 Å². The Balaban J connectivity index is 1.76. The largest absolute Gasteiger partial charge is 0.367 e. The molecular formula is C19H19Cl3N2O. The van der Waals surface area contributed by atoms with Gasteiger partial charge in [0.15, 0.2) is 0 Å². The molecule has 1 atom stereocenters. The summed E-state index contributed by atoms with van der Waals surface area (Å²) in [7, 11) is 0. The van der Waals surface area contributed by atoms with Crippen molar-refractivity contribution in [2.45, 2.75) is 19.1 Å². The number of benzene rings is 2. The zero-order valence-electron chi connectivity index (χ0n) is 13.7. The van der Waals surface area contributed by atoms with Gasteiger partial charge in [0.25, 0.3) is 0 Å². The average molecular weight is 398 g/mol. The van der Waals surface area contributed by atoms with Crippen molar-refractivity contribution in [3.63, 3.8) is 0 Å². The van der Waals surface area contributed by atoms with Gasteiger partial charge in [-0.15, -0.1) is 0 Å². The molecule has 3 nitrogen and oxygen atoms in total. The van der Waals surface area contributed by atoms with E-state index in [9.17, 15) is 0 Å². The predicted molar refractivity (Wildman–Crippen MR) is 105 cm³/mol. The minimum Gasteiger partial charge on any atom is -0.367 e. The van der Waals surface area contributed by atoms with Crippen molar-refractivity contribution in [2.75, 3.05) is 19.6 Å². The van der Waals surface area contributed by atoms with Gasteiger partial charge in [0.1, 0.15) is 6.10 Å². The number of rotatable bonds is 6. The van der Waals surface area contributed by atoms with E-state index >= 15 is 0 Å². The second-order valence-electron chi connectivity index (χ2n) is 5.96. The molecule has 2 aromatic rings. The number of hydrogen-bond donors (Lipinski definition) is 0. The maximum Gasteiger partial charge on any atom is 0.102 e. The highest BCUT2D eigenvalue weighted by Gasteiger charge is 2.19. The highest BCUT2D eigenvalue weighted by Crippen LogP contribution is 2.30. The van der Waals surface area contributed by atoms with Crippen molar-refractivity contribution < 1.29 is 4.74 Å². The van der Waals surface area contributed by atoms with Gasteiger partial charge in [0, 0.05) is 40.3 Å². The molecule has 0 spiro atoms. The number of aliphatic imine (C=N–C) groups is 1. The van der Waals surface area contributed by atoms with E-state index in [0.717, 1.165) is 30.6 Å². The lowest BCUT2D eigenvalue weighted by Crippen LogP contribution is -2.32. The van der Waals surface area contributed by atoms with E-state index in [4.69, 9.17) is 39.5 Å². The molecule has 0 aromatic heterocycles. The van der Waals surface area contributed by atoms with Gasteiger partial charge in [0.05, 0.1) is 12.9 Å². The van der Waals surface area contributed by atoms with Gasteiger partial charge >= 0.3 is 0 Å². The van der Waals surface area contributed by atoms with Gasteiger partial charge in [-0.25, -0.2) is 0 Å². The van der Waals surface area contributed by atoms with Crippen LogP contribution in [0.15, 0.2) is 47.5 Å². The van der Waals surface area contributed by atoms with Gasteiger partial charge in [-0.3, -0.25) is 4.99 Å². The second kappa shape index (κ2) is 8.91. The van der Waals surface area contributed by atoms with Crippen LogP contribution in [-0.2, 0) is 11.3 Å². The van der Waals surface area contributed by atoms with Crippen molar-refractivity contribution in [1.29, 1.82) is 0 Å². The van der Waals surface area contributed by atoms with Crippen LogP contribution >= 0.6 is 34.8 Å². The number of ether oxygens (including phenoxy) is 1. The third kappa shape index (κ3) is 5.35. The van der Waals surface area contributed by atoms with E-state index in [0.29, 0.717) is 28.2 Å². The molecular weight excluding hydrogens is 379 g/mol. The fraction of sp³-hybridized carbons (Fsp3) is 0.316. The standard InChI is InChI=1S/C19H19Cl3N2O/c20-15-4-2-14(3-5-15)12-25-19(11-24-9-1-8-23-13-24)17-7-6-16(21)10-18(17)22/h2-7,10,13,19H,1,8-9,11-12H2. The molecule has 0 amide bonds. The Morgan fingerprint density at radius 3 is 2.48 bits per heavy atom. The van der Waals surface area contributed by atoms with E-state index in [1.807, 2.05) is 42.7 Å². The van der Waals surface area contributed by atoms with Crippen molar-refractivity contribution in [3.05, 3.63) is 68.7 Å². The Hall–Kier alpha value is -1.26. The summed E-state index contributed by atoms with van der Waals surface area (Å²) in [4.78, 5) is 6.51. The highest BCUT2D eigenvalue weighted by atomic mass is 35.5. The Labute approximate surface area is 163 Å². The molecule has 132 valence electrons. The number of halogens is 3. The van der Waals surface area contributed by atoms with Crippen LogP contribution < -0.4 is 0 Å². The van der Waals surface area contributed by atoms with Crippen molar-refractivity contribution >= 4 is 41.1 Å². The number of hydrogen-bond acceptors (Lipinski definition) is 3. The SMILES string of the molecule is Clc1ccc(COC(CN2C=NCCC2)c2ccc(Cl)cc2Cl)cc1. The van der Waals surface area contributed by atoms with Crippen LogP contribution in [0.5, 0.6) is 0 Å². The van der Waals surface area contributed by atoms with Crippen molar-refractivity contribution in [3.8, 4) is 0 Å². The first-order valence-corrected chi connectivity index (χ1v) is 9.30. The van der Waals surface area contributed by atoms with E-state index in [1.165, 1.54) is 0 Å². The third-order valence-electron chi connectivity index (χ3n) is 4.05. The van der Waals surface area contributed by atoms with Crippen LogP contribution in [0.25, 0.3) is 0 Å². The first-order valence-electron chi connectivity index (χ1n) is 8.17. The molecule has 3 rings (SSSR count). The molecule has 0 aliphatic carbocycles. The summed E-state index contributed by atoms with van der Waals surface area (Å²) >= 11 is 18.4. The lowest BCUT2D eigenvalue weighted by Gasteiger charge is -2.28. The van der Waals surface area contributed by atoms with E-state index in [1.54, 1.807) is 6.07 Å². The lowest BCUT2D eigenvalue weighted by atomic mass is 10.1. The van der Waals surface area contributed by atoms with Gasteiger partial charge in [-0.1, -0.05) is 53.0 Å². The monoisotopic (exact) mass is 396 g/mol. The second-order valence-corrected chi connectivity index (χ2v) is 7.24. The topological polar surface area (TPSA) is 24.8 Å². The fourth-order valence-electron chi connectivity index (χ4n) is 2.73. The number of nitrogens with zero attached hydrogens (tertiary/aromatic N) is 2. The summed E-state index contributed by atoms with van der Waals surface area (Å²) in [5.74, 6) is 0. The first-order chi connectivity index (χ1) is 12.1. The molecule has 0 fully saturated rings. The summed E-state index contributed by atoms with van der Waals surface area (Å²) in [6.07, 6.45) is 2.77. The Kier molecular flexibility index (Phi) is 6.60. The molecule has 0 N–H and O–H groups in total. The third-order valence-corrected chi connectivity index (χ3v) is 4.87. The molecule has 0 bridgehead atoms. The molecule has 0 saturated heterocycles. The van der Waals surface area contributed by atoms with E-state index in [-0.39, 0.29) is 6.10 Å². The normalized spacial score (nSPS) is 15.4. The molecule has 1 unspecified atom stereocenters. The maximum atomic E-state index is 6.41. The van der Waals surface area contributed by atoms with Gasteiger partial charge < -0.3 is 9.64 Å². The Bertz CT molecular complexity index is 734. The zero-order chi connectivity index (χ0) is 17.6. The molecule has 1 aliphatic rings. The fourth-order valence-corrected chi connectivity index (χ4v) is 3.38. The van der Waals surface area contributed by atoms with Crippen LogP contribution in [0.2, 0.25) is 15.1 Å². The summed E-state index contributed by atoms with van der Waals surface area (Å²) < 4.78 is 6.20. The summed E-state index contributed by atoms with van der Waals surface area (Å²) in [5.41, 5.74) is 1.99. The minimum atomic E-state index is -0.176. The summed E-state index contributed by atoms with van der Waals surface area (Å²) in [6, 6.07) is 13.2. The quantitative estimate of drug-likeness (QED) is 0.630. The molecule has 1 heterocycles. The van der Waals surface area contributed by atoms with Crippen LogP contribution in [0.4, 0.5) is 0 Å². The van der Waals surface area contributed by atoms with Crippen LogP contribution in [0.3, 0.4) is 0 Å². The predicted octanol–water partition coefficient (Wildman–Crippen LogP) is 5.64. The van der Waals surface area contributed by atoms with Crippen LogP contribution in [0, 0.1) is 0 Å². The van der Waals surface area contributed by atoms with Crippen LogP contribution in [0.1, 0.15) is 23.7 Å². The molecule has 2 aromatic carbocycles. The van der Waals surface area contributed by atoms with Gasteiger partial charge in [0.2, 0.25) is 0 Å². The van der Waals surface area contributed by atoms with E-state index in [2.05, 4.69) is 9.89 Å². The molecule has 1 aliphatic heterocycles. The molecule has 0 saturated carbocycles. The first kappa shape index (κ1) is 18.5. The smallest absolute Gasteiger partial charge is 0.102 e. The van der Waals surface area contributed by atoms with Crippen molar-refractivity contribution in [2.24, 2.45) is 4.99 Å². The average Bonchev–Trinajstić information content (AvgIpc) is 2.61. The van der Waals surface area contributed by atoms with Gasteiger partial charge in [-0.2, -0.15) is 0 Å².